The molecular formula is C33H51Cl2N3O5. The molecule has 242 valence electrons. The standard InChI is InChI=1S/C33H51Cl2N3O5/c1-7-22(4)30(18-37-25-11-12-27(34)28(35)16-25)38-33(40)26(21(2)3)17-31(39)29(36)20-42-19-24-10-9-23(5)32(15-24)43-14-8-13-41-6/h9-12,15-16,21-22,26,29-31,37,39H,7-8,13-14,17-20,36H2,1-6H3,(H,38,40)/t22-,26-,29-,30+,31-/m0/s1. The smallest absolute Gasteiger partial charge is 0.223 e. The van der Waals surface area contributed by atoms with Crippen LogP contribution >= 0.6 is 23.2 Å². The lowest BCUT2D eigenvalue weighted by Crippen LogP contribution is -2.49. The third-order valence-corrected chi connectivity index (χ3v) is 8.56. The van der Waals surface area contributed by atoms with Crippen LogP contribution < -0.4 is 21.1 Å². The topological polar surface area (TPSA) is 115 Å². The zero-order valence-electron chi connectivity index (χ0n) is 26.5. The molecule has 0 fully saturated rings. The highest BCUT2D eigenvalue weighted by Gasteiger charge is 2.30. The van der Waals surface area contributed by atoms with Crippen molar-refractivity contribution in [1.82, 2.24) is 5.32 Å². The van der Waals surface area contributed by atoms with Crippen LogP contribution in [0.1, 0.15) is 58.1 Å². The molecule has 0 unspecified atom stereocenters. The predicted molar refractivity (Wildman–Crippen MR) is 176 cm³/mol. The van der Waals surface area contributed by atoms with E-state index in [0.29, 0.717) is 36.4 Å². The van der Waals surface area contributed by atoms with Gasteiger partial charge in [-0.3, -0.25) is 4.79 Å². The number of benzene rings is 2. The Hall–Kier alpha value is -2.07. The number of nitrogens with two attached hydrogens (primary N) is 1. The maximum absolute atomic E-state index is 13.5. The van der Waals surface area contributed by atoms with Crippen molar-refractivity contribution in [2.75, 3.05) is 38.8 Å². The molecule has 0 aliphatic carbocycles. The van der Waals surface area contributed by atoms with Crippen molar-refractivity contribution in [3.05, 3.63) is 57.6 Å². The summed E-state index contributed by atoms with van der Waals surface area (Å²) in [5.74, 6) is 0.549. The molecule has 0 saturated carbocycles. The van der Waals surface area contributed by atoms with Gasteiger partial charge in [0.2, 0.25) is 5.91 Å². The number of nitrogens with one attached hydrogen (secondary N) is 2. The number of hydrogen-bond donors (Lipinski definition) is 4. The summed E-state index contributed by atoms with van der Waals surface area (Å²) in [5.41, 5.74) is 9.15. The van der Waals surface area contributed by atoms with Crippen LogP contribution in [0.15, 0.2) is 36.4 Å². The molecule has 10 heteroatoms. The van der Waals surface area contributed by atoms with Crippen LogP contribution in [-0.4, -0.2) is 62.7 Å². The Kier molecular flexibility index (Phi) is 16.7. The molecule has 0 spiro atoms. The molecule has 0 bridgehead atoms. The largest absolute Gasteiger partial charge is 0.493 e. The van der Waals surface area contributed by atoms with Crippen molar-refractivity contribution >= 4 is 34.8 Å². The first-order valence-electron chi connectivity index (χ1n) is 15.2. The lowest BCUT2D eigenvalue weighted by Gasteiger charge is -2.30. The van der Waals surface area contributed by atoms with Gasteiger partial charge in [-0.05, 0) is 60.6 Å². The highest BCUT2D eigenvalue weighted by Crippen LogP contribution is 2.26. The highest BCUT2D eigenvalue weighted by molar-refractivity contribution is 6.42. The van der Waals surface area contributed by atoms with Gasteiger partial charge in [0, 0.05) is 44.3 Å². The Morgan fingerprint density at radius 3 is 2.47 bits per heavy atom. The first-order valence-corrected chi connectivity index (χ1v) is 15.9. The number of halogens is 2. The Balaban J connectivity index is 1.91. The number of aryl methyl sites for hydroxylation is 1. The number of ether oxygens (including phenoxy) is 3. The van der Waals surface area contributed by atoms with E-state index >= 15 is 0 Å². The molecule has 43 heavy (non-hydrogen) atoms. The fraction of sp³-hybridized carbons (Fsp3) is 0.606. The minimum absolute atomic E-state index is 0.0123. The summed E-state index contributed by atoms with van der Waals surface area (Å²) in [5, 5.41) is 18.5. The number of carbonyl (C=O) groups is 1. The van der Waals surface area contributed by atoms with E-state index in [1.165, 1.54) is 0 Å². The van der Waals surface area contributed by atoms with Crippen LogP contribution in [0.25, 0.3) is 0 Å². The molecule has 2 rings (SSSR count). The summed E-state index contributed by atoms with van der Waals surface area (Å²) < 4.78 is 16.8. The molecule has 8 nitrogen and oxygen atoms in total. The number of rotatable bonds is 20. The number of carbonyl (C=O) groups excluding carboxylic acids is 1. The first kappa shape index (κ1) is 37.1. The zero-order valence-corrected chi connectivity index (χ0v) is 28.0. The average molecular weight is 641 g/mol. The number of amides is 1. The SMILES string of the molecule is CC[C@H](C)[C@@H](CNc1ccc(Cl)c(Cl)c1)NC(=O)[C@@H](C[C@H](O)[C@@H](N)COCc1ccc(C)c(OCCCOC)c1)C(C)C. The zero-order chi connectivity index (χ0) is 31.9. The number of methoxy groups -OCH3 is 1. The molecule has 2 aromatic carbocycles. The summed E-state index contributed by atoms with van der Waals surface area (Å²) in [6.45, 7) is 12.4. The van der Waals surface area contributed by atoms with E-state index in [-0.39, 0.29) is 36.8 Å². The molecule has 0 aliphatic heterocycles. The first-order chi connectivity index (χ1) is 20.5. The van der Waals surface area contributed by atoms with Crippen molar-refractivity contribution in [1.29, 1.82) is 0 Å². The Bertz CT molecular complexity index is 1120. The molecule has 5 atom stereocenters. The molecule has 0 aromatic heterocycles. The second-order valence-electron chi connectivity index (χ2n) is 11.6. The number of aliphatic hydroxyl groups is 1. The molecule has 0 radical (unpaired) electrons. The lowest BCUT2D eigenvalue weighted by atomic mass is 9.86. The second-order valence-corrected chi connectivity index (χ2v) is 12.5. The fourth-order valence-electron chi connectivity index (χ4n) is 4.62. The third-order valence-electron chi connectivity index (χ3n) is 7.82. The van der Waals surface area contributed by atoms with E-state index in [9.17, 15) is 9.90 Å². The van der Waals surface area contributed by atoms with E-state index in [1.807, 2.05) is 45.0 Å². The summed E-state index contributed by atoms with van der Waals surface area (Å²) in [7, 11) is 1.67. The van der Waals surface area contributed by atoms with Crippen LogP contribution in [0.4, 0.5) is 5.69 Å². The van der Waals surface area contributed by atoms with Crippen LogP contribution in [0, 0.1) is 24.7 Å². The van der Waals surface area contributed by atoms with E-state index in [4.69, 9.17) is 43.1 Å². The number of anilines is 1. The second kappa shape index (κ2) is 19.3. The third kappa shape index (κ3) is 12.8. The van der Waals surface area contributed by atoms with Gasteiger partial charge in [0.05, 0.1) is 42.0 Å². The fourth-order valence-corrected chi connectivity index (χ4v) is 4.92. The molecule has 0 heterocycles. The highest BCUT2D eigenvalue weighted by atomic mass is 35.5. The molecule has 5 N–H and O–H groups in total. The van der Waals surface area contributed by atoms with Crippen LogP contribution in [0.3, 0.4) is 0 Å². The molecule has 0 aliphatic rings. The minimum atomic E-state index is -0.896. The average Bonchev–Trinajstić information content (AvgIpc) is 2.98. The Morgan fingerprint density at radius 1 is 1.07 bits per heavy atom. The van der Waals surface area contributed by atoms with Gasteiger partial charge in [0.15, 0.2) is 0 Å². The van der Waals surface area contributed by atoms with Gasteiger partial charge >= 0.3 is 0 Å². The molecule has 2 aromatic rings. The van der Waals surface area contributed by atoms with Crippen LogP contribution in [0.5, 0.6) is 5.75 Å². The van der Waals surface area contributed by atoms with Crippen molar-refractivity contribution in [3.63, 3.8) is 0 Å². The quantitative estimate of drug-likeness (QED) is 0.127. The summed E-state index contributed by atoms with van der Waals surface area (Å²) in [4.78, 5) is 13.5. The van der Waals surface area contributed by atoms with Crippen LogP contribution in [-0.2, 0) is 20.9 Å². The summed E-state index contributed by atoms with van der Waals surface area (Å²) in [6.07, 6.45) is 1.05. The molecular weight excluding hydrogens is 589 g/mol. The van der Waals surface area contributed by atoms with Gasteiger partial charge in [0.1, 0.15) is 5.75 Å². The van der Waals surface area contributed by atoms with Gasteiger partial charge < -0.3 is 35.7 Å². The molecule has 0 saturated heterocycles. The van der Waals surface area contributed by atoms with Gasteiger partial charge in [0.25, 0.3) is 0 Å². The van der Waals surface area contributed by atoms with E-state index < -0.39 is 18.1 Å². The van der Waals surface area contributed by atoms with Gasteiger partial charge in [-0.25, -0.2) is 0 Å². The summed E-state index contributed by atoms with van der Waals surface area (Å²) in [6, 6.07) is 10.6. The van der Waals surface area contributed by atoms with Gasteiger partial charge in [-0.15, -0.1) is 0 Å². The summed E-state index contributed by atoms with van der Waals surface area (Å²) >= 11 is 12.2. The Labute approximate surface area is 267 Å². The number of hydrogen-bond acceptors (Lipinski definition) is 7. The maximum Gasteiger partial charge on any atom is 0.223 e. The minimum Gasteiger partial charge on any atom is -0.493 e. The maximum atomic E-state index is 13.5. The lowest BCUT2D eigenvalue weighted by molar-refractivity contribution is -0.128. The van der Waals surface area contributed by atoms with E-state index in [0.717, 1.165) is 35.4 Å². The van der Waals surface area contributed by atoms with Crippen molar-refractivity contribution < 1.29 is 24.1 Å². The van der Waals surface area contributed by atoms with Crippen molar-refractivity contribution in [2.45, 2.75) is 78.7 Å². The van der Waals surface area contributed by atoms with E-state index in [2.05, 4.69) is 24.5 Å². The monoisotopic (exact) mass is 639 g/mol. The predicted octanol–water partition coefficient (Wildman–Crippen LogP) is 6.23. The van der Waals surface area contributed by atoms with Gasteiger partial charge in [-0.1, -0.05) is 69.5 Å². The van der Waals surface area contributed by atoms with Crippen molar-refractivity contribution in [3.8, 4) is 5.75 Å². The molecule has 1 amide bonds. The van der Waals surface area contributed by atoms with E-state index in [1.54, 1.807) is 19.2 Å². The van der Waals surface area contributed by atoms with Gasteiger partial charge in [-0.2, -0.15) is 0 Å². The normalized spacial score (nSPS) is 15.0. The van der Waals surface area contributed by atoms with Crippen molar-refractivity contribution in [2.24, 2.45) is 23.5 Å². The van der Waals surface area contributed by atoms with Crippen LogP contribution in [0.2, 0.25) is 10.0 Å². The Morgan fingerprint density at radius 2 is 1.81 bits per heavy atom. The number of aliphatic hydroxyl groups excluding tert-OH is 1.